The lowest BCUT2D eigenvalue weighted by atomic mass is 10.1. The minimum atomic E-state index is 0.0177. The fourth-order valence-corrected chi connectivity index (χ4v) is 2.83. The topological polar surface area (TPSA) is 72.7 Å². The van der Waals surface area contributed by atoms with E-state index < -0.39 is 0 Å². The van der Waals surface area contributed by atoms with E-state index >= 15 is 0 Å². The van der Waals surface area contributed by atoms with Crippen molar-refractivity contribution in [2.75, 3.05) is 5.32 Å². The molecule has 0 bridgehead atoms. The van der Waals surface area contributed by atoms with E-state index in [-0.39, 0.29) is 17.7 Å². The van der Waals surface area contributed by atoms with Gasteiger partial charge in [-0.25, -0.2) is 4.98 Å². The monoisotopic (exact) mass is 293 g/mol. The van der Waals surface area contributed by atoms with Crippen LogP contribution in [0.2, 0.25) is 0 Å². The molecule has 22 heavy (non-hydrogen) atoms. The molecule has 1 N–H and O–H groups in total. The number of nitrogens with zero attached hydrogens (tertiary/aromatic N) is 4. The van der Waals surface area contributed by atoms with Gasteiger partial charge in [0.1, 0.15) is 0 Å². The van der Waals surface area contributed by atoms with Crippen molar-refractivity contribution in [3.63, 3.8) is 0 Å². The number of nitrogens with one attached hydrogen (secondary N) is 1. The van der Waals surface area contributed by atoms with Crippen LogP contribution in [0.4, 0.5) is 5.69 Å². The maximum atomic E-state index is 12.4. The van der Waals surface area contributed by atoms with Crippen LogP contribution in [0.1, 0.15) is 17.9 Å². The van der Waals surface area contributed by atoms with Crippen LogP contribution < -0.4 is 5.32 Å². The molecule has 3 aromatic rings. The number of hydrogen-bond donors (Lipinski definition) is 1. The molecular formula is C16H15N5O. The van der Waals surface area contributed by atoms with Crippen molar-refractivity contribution in [2.45, 2.75) is 12.3 Å². The van der Waals surface area contributed by atoms with Crippen LogP contribution in [0.25, 0.3) is 11.0 Å². The summed E-state index contributed by atoms with van der Waals surface area (Å²) in [7, 11) is 1.83. The Morgan fingerprint density at radius 1 is 1.32 bits per heavy atom. The molecular weight excluding hydrogens is 278 g/mol. The minimum Gasteiger partial charge on any atom is -0.325 e. The predicted octanol–water partition coefficient (Wildman–Crippen LogP) is 2.11. The summed E-state index contributed by atoms with van der Waals surface area (Å²) in [6.07, 6.45) is 7.87. The number of anilines is 1. The first-order valence-corrected chi connectivity index (χ1v) is 7.21. The average Bonchev–Trinajstić information content (AvgIpc) is 3.27. The third kappa shape index (κ3) is 2.13. The number of aromatic nitrogens is 4. The Kier molecular flexibility index (Phi) is 2.89. The minimum absolute atomic E-state index is 0.0177. The number of amides is 1. The van der Waals surface area contributed by atoms with Gasteiger partial charge in [0.05, 0.1) is 17.3 Å². The van der Waals surface area contributed by atoms with Crippen molar-refractivity contribution < 1.29 is 4.79 Å². The Hall–Kier alpha value is -2.76. The van der Waals surface area contributed by atoms with E-state index in [1.165, 1.54) is 0 Å². The zero-order valence-electron chi connectivity index (χ0n) is 12.1. The van der Waals surface area contributed by atoms with Gasteiger partial charge in [0, 0.05) is 31.6 Å². The third-order valence-electron chi connectivity index (χ3n) is 4.13. The SMILES string of the molecule is Cn1ncc2c(NC(=O)[C@@H]3C[C@@H]3c3cccnc3)ccnc21. The molecule has 0 saturated heterocycles. The largest absolute Gasteiger partial charge is 0.325 e. The van der Waals surface area contributed by atoms with Gasteiger partial charge in [-0.2, -0.15) is 5.10 Å². The van der Waals surface area contributed by atoms with E-state index in [1.54, 1.807) is 23.3 Å². The highest BCUT2D eigenvalue weighted by Gasteiger charge is 2.44. The van der Waals surface area contributed by atoms with Crippen molar-refractivity contribution in [3.05, 3.63) is 48.5 Å². The first-order valence-electron chi connectivity index (χ1n) is 7.21. The molecule has 6 heteroatoms. The summed E-state index contributed by atoms with van der Waals surface area (Å²) in [5.41, 5.74) is 2.65. The molecule has 3 aromatic heterocycles. The van der Waals surface area contributed by atoms with Gasteiger partial charge in [-0.1, -0.05) is 6.07 Å². The van der Waals surface area contributed by atoms with E-state index in [4.69, 9.17) is 0 Å². The van der Waals surface area contributed by atoms with Crippen LogP contribution in [0.5, 0.6) is 0 Å². The lowest BCUT2D eigenvalue weighted by molar-refractivity contribution is -0.117. The highest BCUT2D eigenvalue weighted by molar-refractivity contribution is 6.02. The summed E-state index contributed by atoms with van der Waals surface area (Å²) < 4.78 is 1.69. The van der Waals surface area contributed by atoms with Crippen LogP contribution in [-0.2, 0) is 11.8 Å². The normalized spacial score (nSPS) is 20.0. The molecule has 0 aromatic carbocycles. The Morgan fingerprint density at radius 3 is 3.05 bits per heavy atom. The highest BCUT2D eigenvalue weighted by atomic mass is 16.2. The lowest BCUT2D eigenvalue weighted by Crippen LogP contribution is -2.14. The number of hydrogen-bond acceptors (Lipinski definition) is 4. The molecule has 6 nitrogen and oxygen atoms in total. The summed E-state index contributed by atoms with van der Waals surface area (Å²) in [4.78, 5) is 20.8. The molecule has 1 saturated carbocycles. The summed E-state index contributed by atoms with van der Waals surface area (Å²) in [5.74, 6) is 0.342. The zero-order valence-corrected chi connectivity index (χ0v) is 12.1. The van der Waals surface area contributed by atoms with Crippen molar-refractivity contribution in [1.82, 2.24) is 19.7 Å². The molecule has 1 aliphatic rings. The number of carbonyl (C=O) groups is 1. The number of pyridine rings is 2. The Labute approximate surface area is 127 Å². The zero-order chi connectivity index (χ0) is 15.1. The number of fused-ring (bicyclic) bond motifs is 1. The molecule has 0 unspecified atom stereocenters. The quantitative estimate of drug-likeness (QED) is 0.802. The first-order chi connectivity index (χ1) is 10.7. The molecule has 1 aliphatic carbocycles. The van der Waals surface area contributed by atoms with E-state index in [1.807, 2.05) is 31.4 Å². The van der Waals surface area contributed by atoms with Crippen molar-refractivity contribution >= 4 is 22.6 Å². The first kappa shape index (κ1) is 12.9. The summed E-state index contributed by atoms with van der Waals surface area (Å²) in [6, 6.07) is 5.74. The molecule has 1 amide bonds. The van der Waals surface area contributed by atoms with Gasteiger partial charge in [-0.05, 0) is 30.0 Å². The van der Waals surface area contributed by atoms with Crippen LogP contribution >= 0.6 is 0 Å². The van der Waals surface area contributed by atoms with E-state index in [9.17, 15) is 4.79 Å². The summed E-state index contributed by atoms with van der Waals surface area (Å²) >= 11 is 0. The van der Waals surface area contributed by atoms with Crippen LogP contribution in [0, 0.1) is 5.92 Å². The van der Waals surface area contributed by atoms with Gasteiger partial charge in [0.2, 0.25) is 5.91 Å². The Balaban J connectivity index is 1.53. The van der Waals surface area contributed by atoms with E-state index in [0.717, 1.165) is 28.7 Å². The standard InChI is InChI=1S/C16H15N5O/c1-21-15-13(9-19-21)14(4-6-18-15)20-16(22)12-7-11(12)10-3-2-5-17-8-10/h2-6,8-9,11-12H,7H2,1H3,(H,18,20,22)/t11-,12-/m1/s1. The molecule has 4 rings (SSSR count). The second kappa shape index (κ2) is 4.91. The van der Waals surface area contributed by atoms with E-state index in [0.29, 0.717) is 0 Å². The van der Waals surface area contributed by atoms with E-state index in [2.05, 4.69) is 20.4 Å². The molecule has 0 radical (unpaired) electrons. The van der Waals surface area contributed by atoms with Gasteiger partial charge >= 0.3 is 0 Å². The molecule has 3 heterocycles. The summed E-state index contributed by atoms with van der Waals surface area (Å²) in [5, 5.41) is 8.05. The van der Waals surface area contributed by atoms with Gasteiger partial charge in [-0.15, -0.1) is 0 Å². The molecule has 0 aliphatic heterocycles. The van der Waals surface area contributed by atoms with Crippen molar-refractivity contribution in [1.29, 1.82) is 0 Å². The van der Waals surface area contributed by atoms with Crippen LogP contribution in [-0.4, -0.2) is 25.7 Å². The number of rotatable bonds is 3. The predicted molar refractivity (Wildman–Crippen MR) is 82.2 cm³/mol. The van der Waals surface area contributed by atoms with Gasteiger partial charge in [0.15, 0.2) is 5.65 Å². The fraction of sp³-hybridized carbons (Fsp3) is 0.250. The maximum absolute atomic E-state index is 12.4. The molecule has 2 atom stereocenters. The smallest absolute Gasteiger partial charge is 0.228 e. The molecule has 1 fully saturated rings. The molecule has 110 valence electrons. The number of aryl methyl sites for hydroxylation is 1. The molecule has 0 spiro atoms. The third-order valence-corrected chi connectivity index (χ3v) is 4.13. The lowest BCUT2D eigenvalue weighted by Gasteiger charge is -2.06. The highest BCUT2D eigenvalue weighted by Crippen LogP contribution is 2.47. The second-order valence-electron chi connectivity index (χ2n) is 5.59. The summed E-state index contributed by atoms with van der Waals surface area (Å²) in [6.45, 7) is 0. The second-order valence-corrected chi connectivity index (χ2v) is 5.59. The van der Waals surface area contributed by atoms with Crippen LogP contribution in [0.3, 0.4) is 0 Å². The Bertz CT molecular complexity index is 842. The Morgan fingerprint density at radius 2 is 2.23 bits per heavy atom. The van der Waals surface area contributed by atoms with Crippen molar-refractivity contribution in [2.24, 2.45) is 13.0 Å². The van der Waals surface area contributed by atoms with Gasteiger partial charge < -0.3 is 5.32 Å². The maximum Gasteiger partial charge on any atom is 0.228 e. The average molecular weight is 293 g/mol. The van der Waals surface area contributed by atoms with Gasteiger partial charge in [0.25, 0.3) is 0 Å². The van der Waals surface area contributed by atoms with Gasteiger partial charge in [-0.3, -0.25) is 14.5 Å². The van der Waals surface area contributed by atoms with Crippen molar-refractivity contribution in [3.8, 4) is 0 Å². The van der Waals surface area contributed by atoms with Crippen LogP contribution in [0.15, 0.2) is 43.0 Å². The fourth-order valence-electron chi connectivity index (χ4n) is 2.83. The number of carbonyl (C=O) groups excluding carboxylic acids is 1.